The fourth-order valence-corrected chi connectivity index (χ4v) is 3.29. The second-order valence-electron chi connectivity index (χ2n) is 7.16. The molecule has 2 unspecified atom stereocenters. The van der Waals surface area contributed by atoms with Crippen LogP contribution in [0.15, 0.2) is 6.20 Å². The van der Waals surface area contributed by atoms with E-state index in [1.54, 1.807) is 0 Å². The van der Waals surface area contributed by atoms with Gasteiger partial charge in [0.15, 0.2) is 0 Å². The summed E-state index contributed by atoms with van der Waals surface area (Å²) in [5, 5.41) is 7.85. The third kappa shape index (κ3) is 3.05. The van der Waals surface area contributed by atoms with E-state index >= 15 is 0 Å². The van der Waals surface area contributed by atoms with Crippen LogP contribution in [0.25, 0.3) is 0 Å². The lowest BCUT2D eigenvalue weighted by Gasteiger charge is -2.20. The number of hydrogen-bond acceptors (Lipinski definition) is 3. The highest BCUT2D eigenvalue weighted by Crippen LogP contribution is 2.40. The highest BCUT2D eigenvalue weighted by molar-refractivity contribution is 5.95. The summed E-state index contributed by atoms with van der Waals surface area (Å²) in [4.78, 5) is 15.2. The molecule has 1 N–H and O–H groups in total. The number of carbonyl (C=O) groups is 1. The molecule has 1 aliphatic heterocycles. The summed E-state index contributed by atoms with van der Waals surface area (Å²) in [5.41, 5.74) is 1.80. The van der Waals surface area contributed by atoms with Crippen molar-refractivity contribution in [3.8, 4) is 0 Å². The lowest BCUT2D eigenvalue weighted by Crippen LogP contribution is -2.40. The summed E-state index contributed by atoms with van der Waals surface area (Å²) in [6.45, 7) is 11.5. The third-order valence-corrected chi connectivity index (χ3v) is 5.01. The van der Waals surface area contributed by atoms with Crippen LogP contribution >= 0.6 is 0 Å². The molecule has 0 radical (unpaired) electrons. The van der Waals surface area contributed by atoms with Crippen molar-refractivity contribution in [2.75, 3.05) is 13.1 Å². The maximum absolute atomic E-state index is 12.7. The molecule has 0 aromatic carbocycles. The molecule has 2 heterocycles. The van der Waals surface area contributed by atoms with Gasteiger partial charge < -0.3 is 5.32 Å². The van der Waals surface area contributed by atoms with Crippen LogP contribution in [0, 0.1) is 5.92 Å². The van der Waals surface area contributed by atoms with Gasteiger partial charge in [-0.3, -0.25) is 14.4 Å². The first-order chi connectivity index (χ1) is 10.5. The molecular formula is C17H28N4O. The molecule has 1 aromatic heterocycles. The number of likely N-dealkylation sites (tertiary alicyclic amines) is 1. The Morgan fingerprint density at radius 2 is 2.14 bits per heavy atom. The average Bonchev–Trinajstić information content (AvgIpc) is 3.13. The Balaban J connectivity index is 1.71. The molecule has 122 valence electrons. The lowest BCUT2D eigenvalue weighted by molar-refractivity contribution is 0.0929. The quantitative estimate of drug-likeness (QED) is 0.907. The van der Waals surface area contributed by atoms with E-state index in [-0.39, 0.29) is 11.9 Å². The number of carbonyl (C=O) groups excluding carboxylic acids is 1. The van der Waals surface area contributed by atoms with E-state index in [0.29, 0.717) is 17.9 Å². The predicted molar refractivity (Wildman–Crippen MR) is 87.0 cm³/mol. The number of nitrogens with one attached hydrogen (secondary N) is 1. The normalized spacial score (nSPS) is 25.9. The molecule has 2 atom stereocenters. The number of aromatic nitrogens is 2. The summed E-state index contributed by atoms with van der Waals surface area (Å²) in [7, 11) is 0. The molecule has 1 saturated heterocycles. The first kappa shape index (κ1) is 15.5. The van der Waals surface area contributed by atoms with Crippen LogP contribution in [0.5, 0.6) is 0 Å². The molecule has 22 heavy (non-hydrogen) atoms. The molecule has 1 aliphatic carbocycles. The van der Waals surface area contributed by atoms with E-state index in [4.69, 9.17) is 0 Å². The molecule has 2 fully saturated rings. The van der Waals surface area contributed by atoms with E-state index in [1.165, 1.54) is 12.8 Å². The molecule has 0 spiro atoms. The number of hydrogen-bond donors (Lipinski definition) is 1. The largest absolute Gasteiger partial charge is 0.348 e. The summed E-state index contributed by atoms with van der Waals surface area (Å²) in [6, 6.07) is 0.779. The lowest BCUT2D eigenvalue weighted by atomic mass is 10.1. The highest BCUT2D eigenvalue weighted by Gasteiger charge is 2.35. The Labute approximate surface area is 133 Å². The highest BCUT2D eigenvalue weighted by atomic mass is 16.1. The Morgan fingerprint density at radius 3 is 2.68 bits per heavy atom. The van der Waals surface area contributed by atoms with Crippen LogP contribution in [-0.4, -0.2) is 45.8 Å². The summed E-state index contributed by atoms with van der Waals surface area (Å²) in [5.74, 6) is 1.06. The Hall–Kier alpha value is -1.36. The van der Waals surface area contributed by atoms with Gasteiger partial charge in [-0.05, 0) is 39.5 Å². The van der Waals surface area contributed by atoms with Gasteiger partial charge in [-0.2, -0.15) is 5.10 Å². The fraction of sp³-hybridized carbons (Fsp3) is 0.765. The Bertz CT molecular complexity index is 547. The first-order valence-electron chi connectivity index (χ1n) is 8.61. The zero-order valence-corrected chi connectivity index (χ0v) is 14.2. The van der Waals surface area contributed by atoms with Crippen LogP contribution in [0.1, 0.15) is 62.5 Å². The van der Waals surface area contributed by atoms with E-state index in [1.807, 2.05) is 10.9 Å². The van der Waals surface area contributed by atoms with Crippen molar-refractivity contribution in [3.05, 3.63) is 17.5 Å². The van der Waals surface area contributed by atoms with Gasteiger partial charge in [0.25, 0.3) is 5.91 Å². The number of aryl methyl sites for hydroxylation is 1. The fourth-order valence-electron chi connectivity index (χ4n) is 3.29. The number of rotatable bonds is 5. The van der Waals surface area contributed by atoms with Crippen LogP contribution in [-0.2, 0) is 6.54 Å². The second-order valence-corrected chi connectivity index (χ2v) is 7.16. The van der Waals surface area contributed by atoms with Crippen molar-refractivity contribution in [2.24, 2.45) is 5.92 Å². The zero-order valence-electron chi connectivity index (χ0n) is 14.2. The van der Waals surface area contributed by atoms with Crippen LogP contribution in [0.4, 0.5) is 0 Å². The molecule has 2 aliphatic rings. The monoisotopic (exact) mass is 304 g/mol. The third-order valence-electron chi connectivity index (χ3n) is 5.01. The molecule has 1 saturated carbocycles. The smallest absolute Gasteiger partial charge is 0.255 e. The second kappa shape index (κ2) is 6.03. The topological polar surface area (TPSA) is 50.2 Å². The Morgan fingerprint density at radius 1 is 1.41 bits per heavy atom. The molecule has 1 amide bonds. The minimum absolute atomic E-state index is 0.0593. The first-order valence-corrected chi connectivity index (χ1v) is 8.61. The van der Waals surface area contributed by atoms with Gasteiger partial charge in [-0.25, -0.2) is 0 Å². The van der Waals surface area contributed by atoms with Crippen molar-refractivity contribution in [1.29, 1.82) is 0 Å². The van der Waals surface area contributed by atoms with Crippen molar-refractivity contribution in [1.82, 2.24) is 20.0 Å². The summed E-state index contributed by atoms with van der Waals surface area (Å²) >= 11 is 0. The van der Waals surface area contributed by atoms with Gasteiger partial charge in [0.05, 0.1) is 11.3 Å². The van der Waals surface area contributed by atoms with Gasteiger partial charge in [0.2, 0.25) is 0 Å². The maximum atomic E-state index is 12.7. The van der Waals surface area contributed by atoms with E-state index in [0.717, 1.165) is 30.9 Å². The van der Waals surface area contributed by atoms with E-state index in [2.05, 4.69) is 43.0 Å². The molecule has 5 heteroatoms. The summed E-state index contributed by atoms with van der Waals surface area (Å²) in [6.07, 6.45) is 4.26. The average molecular weight is 304 g/mol. The van der Waals surface area contributed by atoms with Crippen molar-refractivity contribution in [3.63, 3.8) is 0 Å². The van der Waals surface area contributed by atoms with Crippen LogP contribution in [0.3, 0.4) is 0 Å². The number of amides is 1. The maximum Gasteiger partial charge on any atom is 0.255 e. The minimum atomic E-state index is 0.0593. The molecular weight excluding hydrogens is 276 g/mol. The molecule has 3 rings (SSSR count). The van der Waals surface area contributed by atoms with Gasteiger partial charge in [0.1, 0.15) is 0 Å². The molecule has 1 aromatic rings. The summed E-state index contributed by atoms with van der Waals surface area (Å²) < 4.78 is 1.89. The van der Waals surface area contributed by atoms with E-state index < -0.39 is 0 Å². The predicted octanol–water partition coefficient (Wildman–Crippen LogP) is 2.24. The van der Waals surface area contributed by atoms with Crippen LogP contribution < -0.4 is 5.32 Å². The molecule has 5 nitrogen and oxygen atoms in total. The zero-order chi connectivity index (χ0) is 15.9. The van der Waals surface area contributed by atoms with Gasteiger partial charge in [-0.15, -0.1) is 0 Å². The van der Waals surface area contributed by atoms with Crippen molar-refractivity contribution >= 4 is 5.91 Å². The van der Waals surface area contributed by atoms with Gasteiger partial charge in [0, 0.05) is 43.8 Å². The van der Waals surface area contributed by atoms with Gasteiger partial charge in [-0.1, -0.05) is 6.92 Å². The molecule has 0 bridgehead atoms. The van der Waals surface area contributed by atoms with Crippen LogP contribution in [0.2, 0.25) is 0 Å². The number of nitrogens with zero attached hydrogens (tertiary/aromatic N) is 3. The SMILES string of the molecule is CCn1cc(C(=O)NC2CN(C(C)C)CC2C)c(C2CC2)n1. The van der Waals surface area contributed by atoms with Crippen molar-refractivity contribution < 1.29 is 4.79 Å². The minimum Gasteiger partial charge on any atom is -0.348 e. The van der Waals surface area contributed by atoms with E-state index in [9.17, 15) is 4.79 Å². The van der Waals surface area contributed by atoms with Gasteiger partial charge >= 0.3 is 0 Å². The van der Waals surface area contributed by atoms with Crippen molar-refractivity contribution in [2.45, 2.75) is 65.1 Å². The standard InChI is InChI=1S/C17H28N4O/c1-5-21-9-14(16(19-21)13-6-7-13)17(22)18-15-10-20(11(2)3)8-12(15)4/h9,11-13,15H,5-8,10H2,1-4H3,(H,18,22). The Kier molecular flexibility index (Phi) is 4.26.